The molecule has 0 saturated heterocycles. The molecule has 132 valence electrons. The SMILES string of the molecule is CC(NCC1=Nc2ccccc2N(C)C1)c1cccc(C(F)(F)F)c1. The van der Waals surface area contributed by atoms with Crippen LogP contribution in [0.15, 0.2) is 53.5 Å². The van der Waals surface area contributed by atoms with Crippen molar-refractivity contribution >= 4 is 17.1 Å². The van der Waals surface area contributed by atoms with Gasteiger partial charge < -0.3 is 10.2 Å². The van der Waals surface area contributed by atoms with Crippen LogP contribution in [0.1, 0.15) is 24.1 Å². The lowest BCUT2D eigenvalue weighted by Gasteiger charge is -2.27. The van der Waals surface area contributed by atoms with Crippen LogP contribution in [-0.4, -0.2) is 25.8 Å². The molecule has 1 aliphatic heterocycles. The molecule has 1 heterocycles. The van der Waals surface area contributed by atoms with Crippen LogP contribution < -0.4 is 10.2 Å². The highest BCUT2D eigenvalue weighted by Gasteiger charge is 2.30. The summed E-state index contributed by atoms with van der Waals surface area (Å²) in [5, 5.41) is 3.27. The summed E-state index contributed by atoms with van der Waals surface area (Å²) < 4.78 is 38.5. The fourth-order valence-electron chi connectivity index (χ4n) is 2.91. The predicted octanol–water partition coefficient (Wildman–Crippen LogP) is 4.58. The third-order valence-corrected chi connectivity index (χ3v) is 4.32. The fraction of sp³-hybridized carbons (Fsp3) is 0.316. The summed E-state index contributed by atoms with van der Waals surface area (Å²) in [7, 11) is 2.00. The number of alkyl halides is 3. The van der Waals surface area contributed by atoms with E-state index in [-0.39, 0.29) is 6.04 Å². The van der Waals surface area contributed by atoms with Gasteiger partial charge in [0.2, 0.25) is 0 Å². The van der Waals surface area contributed by atoms with Gasteiger partial charge in [0, 0.05) is 19.6 Å². The molecule has 0 bridgehead atoms. The van der Waals surface area contributed by atoms with Crippen molar-refractivity contribution < 1.29 is 13.2 Å². The zero-order chi connectivity index (χ0) is 18.0. The van der Waals surface area contributed by atoms with Gasteiger partial charge in [0.05, 0.1) is 29.2 Å². The second-order valence-corrected chi connectivity index (χ2v) is 6.25. The Kier molecular flexibility index (Phi) is 4.81. The third-order valence-electron chi connectivity index (χ3n) is 4.32. The largest absolute Gasteiger partial charge is 0.416 e. The molecule has 1 atom stereocenters. The van der Waals surface area contributed by atoms with Gasteiger partial charge in [-0.3, -0.25) is 4.99 Å². The van der Waals surface area contributed by atoms with E-state index in [1.54, 1.807) is 6.07 Å². The van der Waals surface area contributed by atoms with Gasteiger partial charge in [-0.05, 0) is 36.8 Å². The maximum Gasteiger partial charge on any atom is 0.416 e. The standard InChI is InChI=1S/C19H20F3N3/c1-13(14-6-5-7-15(10-14)19(20,21)22)23-11-16-12-25(2)18-9-4-3-8-17(18)24-16/h3-10,13,23H,11-12H2,1-2H3. The first kappa shape index (κ1) is 17.5. The summed E-state index contributed by atoms with van der Waals surface area (Å²) in [4.78, 5) is 6.77. The normalized spacial score (nSPS) is 15.6. The Bertz CT molecular complexity index is 783. The average molecular weight is 347 g/mol. The Labute approximate surface area is 145 Å². The molecule has 0 aliphatic carbocycles. The molecule has 0 fully saturated rings. The molecule has 25 heavy (non-hydrogen) atoms. The van der Waals surface area contributed by atoms with Crippen LogP contribution in [0.3, 0.4) is 0 Å². The first-order chi connectivity index (χ1) is 11.8. The Hall–Kier alpha value is -2.34. The Morgan fingerprint density at radius 1 is 1.16 bits per heavy atom. The highest BCUT2D eigenvalue weighted by Crippen LogP contribution is 2.32. The van der Waals surface area contributed by atoms with Gasteiger partial charge in [-0.15, -0.1) is 0 Å². The molecular weight excluding hydrogens is 327 g/mol. The molecule has 0 saturated carbocycles. The number of hydrogen-bond acceptors (Lipinski definition) is 3. The van der Waals surface area contributed by atoms with Gasteiger partial charge in [-0.2, -0.15) is 13.2 Å². The van der Waals surface area contributed by atoms with E-state index in [0.717, 1.165) is 23.2 Å². The quantitative estimate of drug-likeness (QED) is 0.877. The van der Waals surface area contributed by atoms with Crippen molar-refractivity contribution in [2.75, 3.05) is 25.0 Å². The van der Waals surface area contributed by atoms with Crippen LogP contribution in [0.5, 0.6) is 0 Å². The minimum atomic E-state index is -4.32. The molecule has 0 spiro atoms. The Morgan fingerprint density at radius 2 is 1.92 bits per heavy atom. The number of anilines is 1. The second kappa shape index (κ2) is 6.88. The van der Waals surface area contributed by atoms with Crippen molar-refractivity contribution in [1.29, 1.82) is 0 Å². The molecule has 1 aliphatic rings. The van der Waals surface area contributed by atoms with Crippen molar-refractivity contribution in [3.05, 3.63) is 59.7 Å². The van der Waals surface area contributed by atoms with E-state index < -0.39 is 11.7 Å². The van der Waals surface area contributed by atoms with Crippen molar-refractivity contribution in [3.8, 4) is 0 Å². The topological polar surface area (TPSA) is 27.6 Å². The summed E-state index contributed by atoms with van der Waals surface area (Å²) in [6, 6.07) is 13.1. The first-order valence-corrected chi connectivity index (χ1v) is 8.12. The van der Waals surface area contributed by atoms with E-state index >= 15 is 0 Å². The fourth-order valence-corrected chi connectivity index (χ4v) is 2.91. The van der Waals surface area contributed by atoms with E-state index in [4.69, 9.17) is 0 Å². The Balaban J connectivity index is 1.69. The van der Waals surface area contributed by atoms with Gasteiger partial charge in [0.1, 0.15) is 0 Å². The molecule has 2 aromatic rings. The number of para-hydroxylation sites is 2. The summed E-state index contributed by atoms with van der Waals surface area (Å²) in [6.07, 6.45) is -4.32. The lowest BCUT2D eigenvalue weighted by atomic mass is 10.0. The zero-order valence-corrected chi connectivity index (χ0v) is 14.1. The van der Waals surface area contributed by atoms with Crippen molar-refractivity contribution in [2.24, 2.45) is 4.99 Å². The van der Waals surface area contributed by atoms with E-state index in [1.807, 2.05) is 38.2 Å². The molecule has 3 rings (SSSR count). The van der Waals surface area contributed by atoms with Gasteiger partial charge in [-0.25, -0.2) is 0 Å². The molecule has 2 aromatic carbocycles. The second-order valence-electron chi connectivity index (χ2n) is 6.25. The number of benzene rings is 2. The van der Waals surface area contributed by atoms with Gasteiger partial charge in [-0.1, -0.05) is 24.3 Å². The maximum atomic E-state index is 12.8. The summed E-state index contributed by atoms with van der Waals surface area (Å²) in [5.74, 6) is 0. The molecule has 1 N–H and O–H groups in total. The molecule has 6 heteroatoms. The van der Waals surface area contributed by atoms with Crippen LogP contribution in [0, 0.1) is 0 Å². The number of aliphatic imine (C=N–C) groups is 1. The lowest BCUT2D eigenvalue weighted by Crippen LogP contribution is -2.36. The van der Waals surface area contributed by atoms with E-state index in [0.29, 0.717) is 18.7 Å². The average Bonchev–Trinajstić information content (AvgIpc) is 2.59. The number of rotatable bonds is 4. The molecule has 0 amide bonds. The van der Waals surface area contributed by atoms with E-state index in [9.17, 15) is 13.2 Å². The predicted molar refractivity (Wildman–Crippen MR) is 94.7 cm³/mol. The molecule has 3 nitrogen and oxygen atoms in total. The molecule has 0 aromatic heterocycles. The van der Waals surface area contributed by atoms with Crippen LogP contribution in [0.2, 0.25) is 0 Å². The Morgan fingerprint density at radius 3 is 2.68 bits per heavy atom. The maximum absolute atomic E-state index is 12.8. The minimum Gasteiger partial charge on any atom is -0.367 e. The van der Waals surface area contributed by atoms with Gasteiger partial charge in [0.15, 0.2) is 0 Å². The number of halogens is 3. The van der Waals surface area contributed by atoms with Crippen molar-refractivity contribution in [2.45, 2.75) is 19.1 Å². The van der Waals surface area contributed by atoms with E-state index in [1.165, 1.54) is 12.1 Å². The zero-order valence-electron chi connectivity index (χ0n) is 14.1. The number of nitrogens with zero attached hydrogens (tertiary/aromatic N) is 2. The van der Waals surface area contributed by atoms with Crippen LogP contribution >= 0.6 is 0 Å². The summed E-state index contributed by atoms with van der Waals surface area (Å²) >= 11 is 0. The smallest absolute Gasteiger partial charge is 0.367 e. The highest BCUT2D eigenvalue weighted by atomic mass is 19.4. The van der Waals surface area contributed by atoms with Crippen molar-refractivity contribution in [3.63, 3.8) is 0 Å². The number of hydrogen-bond donors (Lipinski definition) is 1. The van der Waals surface area contributed by atoms with E-state index in [2.05, 4.69) is 15.2 Å². The summed E-state index contributed by atoms with van der Waals surface area (Å²) in [6.45, 7) is 3.08. The van der Waals surface area contributed by atoms with Gasteiger partial charge in [0.25, 0.3) is 0 Å². The summed E-state index contributed by atoms with van der Waals surface area (Å²) in [5.41, 5.74) is 2.94. The minimum absolute atomic E-state index is 0.201. The van der Waals surface area contributed by atoms with Gasteiger partial charge >= 0.3 is 6.18 Å². The monoisotopic (exact) mass is 347 g/mol. The van der Waals surface area contributed by atoms with Crippen molar-refractivity contribution in [1.82, 2.24) is 5.32 Å². The highest BCUT2D eigenvalue weighted by molar-refractivity contribution is 5.97. The molecule has 1 unspecified atom stereocenters. The van der Waals surface area contributed by atoms with Crippen LogP contribution in [0.25, 0.3) is 0 Å². The first-order valence-electron chi connectivity index (χ1n) is 8.12. The number of nitrogens with one attached hydrogen (secondary N) is 1. The van der Waals surface area contributed by atoms with Crippen LogP contribution in [0.4, 0.5) is 24.5 Å². The molecule has 0 radical (unpaired) electrons. The lowest BCUT2D eigenvalue weighted by molar-refractivity contribution is -0.137. The number of fused-ring (bicyclic) bond motifs is 1. The van der Waals surface area contributed by atoms with Crippen LogP contribution in [-0.2, 0) is 6.18 Å². The third kappa shape index (κ3) is 4.02. The molecular formula is C19H20F3N3.